The van der Waals surface area contributed by atoms with Gasteiger partial charge in [-0.15, -0.1) is 0 Å². The maximum absolute atomic E-state index is 12.6. The van der Waals surface area contributed by atoms with Gasteiger partial charge in [-0.3, -0.25) is 14.4 Å². The summed E-state index contributed by atoms with van der Waals surface area (Å²) in [6.07, 6.45) is 5.68. The second-order valence-electron chi connectivity index (χ2n) is 7.07. The second kappa shape index (κ2) is 12.5. The Kier molecular flexibility index (Phi) is 9.64. The molecule has 0 fully saturated rings. The molecule has 0 saturated heterocycles. The van der Waals surface area contributed by atoms with E-state index in [-0.39, 0.29) is 30.5 Å². The number of rotatable bonds is 12. The molecule has 2 aromatic rings. The lowest BCUT2D eigenvalue weighted by Gasteiger charge is -2.22. The predicted octanol–water partition coefficient (Wildman–Crippen LogP) is 4.08. The number of hydrogen-bond acceptors (Lipinski definition) is 4. The molecule has 0 bridgehead atoms. The fourth-order valence-electron chi connectivity index (χ4n) is 2.98. The Balaban J connectivity index is 1.91. The summed E-state index contributed by atoms with van der Waals surface area (Å²) in [6, 6.07) is 9.90. The summed E-state index contributed by atoms with van der Waals surface area (Å²) in [4.78, 5) is 39.2. The molecule has 1 aromatic heterocycles. The van der Waals surface area contributed by atoms with Crippen LogP contribution in [0.4, 0.5) is 5.69 Å². The van der Waals surface area contributed by atoms with Crippen LogP contribution in [0, 0.1) is 0 Å². The zero-order valence-corrected chi connectivity index (χ0v) is 17.8. The van der Waals surface area contributed by atoms with Crippen LogP contribution >= 0.6 is 0 Å². The van der Waals surface area contributed by atoms with Gasteiger partial charge in [0.2, 0.25) is 5.91 Å². The van der Waals surface area contributed by atoms with Crippen molar-refractivity contribution in [3.8, 4) is 0 Å². The van der Waals surface area contributed by atoms with Gasteiger partial charge >= 0.3 is 0 Å². The highest BCUT2D eigenvalue weighted by molar-refractivity contribution is 6.07. The van der Waals surface area contributed by atoms with Gasteiger partial charge in [0.05, 0.1) is 17.5 Å². The maximum Gasteiger partial charge on any atom is 0.291 e. The molecular weight excluding hydrogens is 382 g/mol. The first-order valence-corrected chi connectivity index (χ1v) is 10.6. The lowest BCUT2D eigenvalue weighted by Crippen LogP contribution is -2.36. The smallest absolute Gasteiger partial charge is 0.291 e. The normalized spacial score (nSPS) is 10.5. The molecule has 0 saturated carbocycles. The van der Waals surface area contributed by atoms with Crippen molar-refractivity contribution in [3.05, 3.63) is 54.0 Å². The third-order valence-corrected chi connectivity index (χ3v) is 4.71. The quantitative estimate of drug-likeness (QED) is 0.548. The number of anilines is 1. The van der Waals surface area contributed by atoms with Gasteiger partial charge in [0.25, 0.3) is 11.8 Å². The molecule has 162 valence electrons. The average molecular weight is 414 g/mol. The van der Waals surface area contributed by atoms with Gasteiger partial charge < -0.3 is 20.0 Å². The minimum atomic E-state index is -0.432. The number of nitrogens with zero attached hydrogens (tertiary/aromatic N) is 1. The van der Waals surface area contributed by atoms with Crippen molar-refractivity contribution >= 4 is 23.4 Å². The van der Waals surface area contributed by atoms with Crippen LogP contribution in [0.1, 0.15) is 66.9 Å². The topological polar surface area (TPSA) is 91.7 Å². The molecule has 0 atom stereocenters. The zero-order chi connectivity index (χ0) is 21.8. The van der Waals surface area contributed by atoms with E-state index in [1.54, 1.807) is 36.4 Å². The number of nitrogens with one attached hydrogen (secondary N) is 2. The predicted molar refractivity (Wildman–Crippen MR) is 116 cm³/mol. The second-order valence-corrected chi connectivity index (χ2v) is 7.07. The molecule has 1 aromatic carbocycles. The third-order valence-electron chi connectivity index (χ3n) is 4.71. The fraction of sp³-hybridized carbons (Fsp3) is 0.435. The van der Waals surface area contributed by atoms with Gasteiger partial charge in [0.15, 0.2) is 5.76 Å². The van der Waals surface area contributed by atoms with E-state index in [2.05, 4.69) is 24.5 Å². The lowest BCUT2D eigenvalue weighted by molar-refractivity contribution is -0.131. The summed E-state index contributed by atoms with van der Waals surface area (Å²) in [5, 5.41) is 5.47. The molecule has 0 radical (unpaired) electrons. The average Bonchev–Trinajstić information content (AvgIpc) is 3.29. The Bertz CT molecular complexity index is 810. The van der Waals surface area contributed by atoms with Crippen molar-refractivity contribution < 1.29 is 18.8 Å². The van der Waals surface area contributed by atoms with E-state index in [1.807, 2.05) is 4.90 Å². The summed E-state index contributed by atoms with van der Waals surface area (Å²) in [7, 11) is 0. The Hall–Kier alpha value is -3.09. The molecule has 3 amide bonds. The van der Waals surface area contributed by atoms with Crippen molar-refractivity contribution in [2.24, 2.45) is 0 Å². The minimum absolute atomic E-state index is 0.0524. The first-order chi connectivity index (χ1) is 14.6. The number of benzene rings is 1. The van der Waals surface area contributed by atoms with Gasteiger partial charge in [0, 0.05) is 26.1 Å². The molecular formula is C23H31N3O4. The van der Waals surface area contributed by atoms with E-state index in [4.69, 9.17) is 4.42 Å². The van der Waals surface area contributed by atoms with Gasteiger partial charge in [-0.2, -0.15) is 0 Å². The largest absolute Gasteiger partial charge is 0.459 e. The van der Waals surface area contributed by atoms with Crippen LogP contribution in [0.15, 0.2) is 47.1 Å². The van der Waals surface area contributed by atoms with Crippen LogP contribution < -0.4 is 10.6 Å². The molecule has 0 aliphatic heterocycles. The SMILES string of the molecule is CCCCN(CCCC)C(=O)CCNC(=O)c1ccccc1NC(=O)c1ccco1. The molecule has 2 N–H and O–H groups in total. The lowest BCUT2D eigenvalue weighted by atomic mass is 10.1. The molecule has 0 aliphatic rings. The van der Waals surface area contributed by atoms with Crippen molar-refractivity contribution in [1.29, 1.82) is 0 Å². The summed E-state index contributed by atoms with van der Waals surface area (Å²) in [6.45, 7) is 5.96. The Morgan fingerprint density at radius 2 is 1.63 bits per heavy atom. The zero-order valence-electron chi connectivity index (χ0n) is 17.8. The summed E-state index contributed by atoms with van der Waals surface area (Å²) >= 11 is 0. The van der Waals surface area contributed by atoms with E-state index < -0.39 is 5.91 Å². The maximum atomic E-state index is 12.6. The van der Waals surface area contributed by atoms with Crippen molar-refractivity contribution in [2.75, 3.05) is 25.0 Å². The van der Waals surface area contributed by atoms with E-state index in [0.717, 1.165) is 38.8 Å². The van der Waals surface area contributed by atoms with Gasteiger partial charge in [-0.1, -0.05) is 38.8 Å². The fourth-order valence-corrected chi connectivity index (χ4v) is 2.98. The molecule has 7 heteroatoms. The summed E-state index contributed by atoms with van der Waals surface area (Å²) in [5.41, 5.74) is 0.717. The van der Waals surface area contributed by atoms with E-state index >= 15 is 0 Å². The highest BCUT2D eigenvalue weighted by Crippen LogP contribution is 2.16. The van der Waals surface area contributed by atoms with E-state index in [1.165, 1.54) is 6.26 Å². The highest BCUT2D eigenvalue weighted by Gasteiger charge is 2.17. The molecule has 7 nitrogen and oxygen atoms in total. The Morgan fingerprint density at radius 3 is 2.27 bits per heavy atom. The van der Waals surface area contributed by atoms with E-state index in [0.29, 0.717) is 11.3 Å². The first kappa shape index (κ1) is 23.2. The standard InChI is InChI=1S/C23H31N3O4/c1-3-5-15-26(16-6-4-2)21(27)13-14-24-22(28)18-10-7-8-11-19(18)25-23(29)20-12-9-17-30-20/h7-12,17H,3-6,13-16H2,1-2H3,(H,24,28)(H,25,29). The number of hydrogen-bond donors (Lipinski definition) is 2. The molecule has 30 heavy (non-hydrogen) atoms. The number of para-hydroxylation sites is 1. The molecule has 1 heterocycles. The van der Waals surface area contributed by atoms with Crippen LogP contribution in [0.2, 0.25) is 0 Å². The monoisotopic (exact) mass is 413 g/mol. The minimum Gasteiger partial charge on any atom is -0.459 e. The molecule has 2 rings (SSSR count). The van der Waals surface area contributed by atoms with Crippen LogP contribution in [0.3, 0.4) is 0 Å². The Morgan fingerprint density at radius 1 is 0.933 bits per heavy atom. The number of amides is 3. The Labute approximate surface area is 177 Å². The molecule has 0 unspecified atom stereocenters. The van der Waals surface area contributed by atoms with Crippen molar-refractivity contribution in [2.45, 2.75) is 46.0 Å². The number of furan rings is 1. The van der Waals surface area contributed by atoms with Crippen LogP contribution in [-0.4, -0.2) is 42.3 Å². The van der Waals surface area contributed by atoms with Crippen LogP contribution in [0.25, 0.3) is 0 Å². The van der Waals surface area contributed by atoms with Crippen molar-refractivity contribution in [1.82, 2.24) is 10.2 Å². The molecule has 0 spiro atoms. The van der Waals surface area contributed by atoms with Gasteiger partial charge in [-0.25, -0.2) is 0 Å². The van der Waals surface area contributed by atoms with Gasteiger partial charge in [0.1, 0.15) is 0 Å². The van der Waals surface area contributed by atoms with Crippen LogP contribution in [0.5, 0.6) is 0 Å². The highest BCUT2D eigenvalue weighted by atomic mass is 16.3. The summed E-state index contributed by atoms with van der Waals surface area (Å²) < 4.78 is 5.08. The summed E-state index contributed by atoms with van der Waals surface area (Å²) in [5.74, 6) is -0.559. The number of carbonyl (C=O) groups excluding carboxylic acids is 3. The number of unbranched alkanes of at least 4 members (excludes halogenated alkanes) is 2. The third kappa shape index (κ3) is 7.06. The van der Waals surface area contributed by atoms with Crippen molar-refractivity contribution in [3.63, 3.8) is 0 Å². The molecule has 0 aliphatic carbocycles. The van der Waals surface area contributed by atoms with E-state index in [9.17, 15) is 14.4 Å². The first-order valence-electron chi connectivity index (χ1n) is 10.6. The van der Waals surface area contributed by atoms with Gasteiger partial charge in [-0.05, 0) is 37.1 Å². The number of carbonyl (C=O) groups is 3. The van der Waals surface area contributed by atoms with Crippen LogP contribution in [-0.2, 0) is 4.79 Å².